The highest BCUT2D eigenvalue weighted by molar-refractivity contribution is 5.75. The Morgan fingerprint density at radius 3 is 2.50 bits per heavy atom. The highest BCUT2D eigenvalue weighted by atomic mass is 16.8. The lowest BCUT2D eigenvalue weighted by Gasteiger charge is -2.27. The van der Waals surface area contributed by atoms with Crippen LogP contribution in [-0.2, 0) is 9.63 Å². The molecule has 0 amide bonds. The van der Waals surface area contributed by atoms with Crippen LogP contribution in [0.5, 0.6) is 0 Å². The number of unbranched alkanes of at least 4 members (excludes halogenated alkanes) is 1. The first kappa shape index (κ1) is 32.7. The lowest BCUT2D eigenvalue weighted by molar-refractivity contribution is -0.758. The molecule has 0 aliphatic heterocycles. The van der Waals surface area contributed by atoms with E-state index in [1.807, 2.05) is 33.2 Å². The van der Waals surface area contributed by atoms with Crippen LogP contribution in [0.1, 0.15) is 78.6 Å². The van der Waals surface area contributed by atoms with Crippen molar-refractivity contribution in [2.75, 3.05) is 31.4 Å². The second kappa shape index (κ2) is 17.2. The minimum atomic E-state index is 0.225. The number of fused-ring (bicyclic) bond motifs is 1. The molecule has 1 aromatic heterocycles. The Bertz CT molecular complexity index is 1220. The zero-order chi connectivity index (χ0) is 29.5. The highest BCUT2D eigenvalue weighted by Gasteiger charge is 2.19. The van der Waals surface area contributed by atoms with Gasteiger partial charge in [-0.2, -0.15) is 4.98 Å². The molecule has 2 aliphatic carbocycles. The van der Waals surface area contributed by atoms with Crippen molar-refractivity contribution in [3.8, 4) is 0 Å². The molecule has 0 radical (unpaired) electrons. The summed E-state index contributed by atoms with van der Waals surface area (Å²) in [6.07, 6.45) is 23.3. The molecule has 0 saturated heterocycles. The molecule has 2 aliphatic rings. The summed E-state index contributed by atoms with van der Waals surface area (Å²) in [6.45, 7) is 9.47. The predicted octanol–water partition coefficient (Wildman–Crippen LogP) is 5.55. The summed E-state index contributed by atoms with van der Waals surface area (Å²) in [5, 5.41) is 5.71. The molecule has 1 aromatic rings. The van der Waals surface area contributed by atoms with E-state index in [-0.39, 0.29) is 11.5 Å². The van der Waals surface area contributed by atoms with E-state index in [9.17, 15) is 9.70 Å². The number of carbonyl (C=O) groups excluding carboxylic acids is 1. The number of anilines is 2. The van der Waals surface area contributed by atoms with Crippen LogP contribution < -0.4 is 20.8 Å². The van der Waals surface area contributed by atoms with Gasteiger partial charge in [-0.15, -0.1) is 0 Å². The summed E-state index contributed by atoms with van der Waals surface area (Å²) in [6, 6.07) is 0.511. The number of hydrogen-bond acceptors (Lipinski definition) is 7. The van der Waals surface area contributed by atoms with Crippen molar-refractivity contribution in [1.82, 2.24) is 9.97 Å². The van der Waals surface area contributed by atoms with E-state index >= 15 is 0 Å². The molecular weight excluding hydrogens is 502 g/mol. The van der Waals surface area contributed by atoms with E-state index < -0.39 is 0 Å². The molecule has 8 nitrogen and oxygen atoms in total. The molecule has 8 heteroatoms. The second-order valence-electron chi connectivity index (χ2n) is 10.7. The number of carbonyl (C=O) groups is 1. The molecule has 0 bridgehead atoms. The van der Waals surface area contributed by atoms with Crippen LogP contribution >= 0.6 is 0 Å². The Hall–Kier alpha value is -3.55. The first-order valence-corrected chi connectivity index (χ1v) is 14.4. The van der Waals surface area contributed by atoms with Gasteiger partial charge in [-0.3, -0.25) is 0 Å². The fraction of sp³-hybridized carbons (Fsp3) is 0.531. The Kier molecular flexibility index (Phi) is 14.0. The summed E-state index contributed by atoms with van der Waals surface area (Å²) in [7, 11) is 5.37. The number of aromatic nitrogens is 2. The van der Waals surface area contributed by atoms with Gasteiger partial charge >= 0.3 is 5.70 Å². The van der Waals surface area contributed by atoms with Crippen molar-refractivity contribution in [3.05, 3.63) is 63.7 Å². The van der Waals surface area contributed by atoms with Gasteiger partial charge in [0.2, 0.25) is 5.95 Å². The van der Waals surface area contributed by atoms with Crippen LogP contribution in [-0.4, -0.2) is 47.9 Å². The average molecular weight is 551 g/mol. The van der Waals surface area contributed by atoms with Gasteiger partial charge in [0.15, 0.2) is 7.11 Å². The van der Waals surface area contributed by atoms with Gasteiger partial charge in [0.05, 0.1) is 10.3 Å². The predicted molar refractivity (Wildman–Crippen MR) is 165 cm³/mol. The maximum absolute atomic E-state index is 11.0. The molecule has 40 heavy (non-hydrogen) atoms. The third kappa shape index (κ3) is 11.3. The second-order valence-corrected chi connectivity index (χ2v) is 10.7. The molecule has 0 unspecified atom stereocenters. The van der Waals surface area contributed by atoms with Gasteiger partial charge in [-0.1, -0.05) is 42.9 Å². The minimum Gasteiger partial charge on any atom is -0.362 e. The maximum atomic E-state index is 11.0. The van der Waals surface area contributed by atoms with Gasteiger partial charge in [0.1, 0.15) is 11.6 Å². The summed E-state index contributed by atoms with van der Waals surface area (Å²) in [5.41, 5.74) is 1.37. The van der Waals surface area contributed by atoms with Crippen molar-refractivity contribution in [1.29, 1.82) is 0 Å². The van der Waals surface area contributed by atoms with E-state index in [2.05, 4.69) is 52.9 Å². The van der Waals surface area contributed by atoms with Crippen molar-refractivity contribution in [3.63, 3.8) is 0 Å². The number of Topliss-reactive ketones (excluding diaryl/α,β-unsaturated/α-hetero) is 1. The zero-order valence-electron chi connectivity index (χ0n) is 25.3. The van der Waals surface area contributed by atoms with Crippen molar-refractivity contribution in [2.24, 2.45) is 5.92 Å². The molecule has 1 N–H and O–H groups in total. The van der Waals surface area contributed by atoms with Gasteiger partial charge in [0.25, 0.3) is 4.92 Å². The maximum Gasteiger partial charge on any atom is 0.309 e. The normalized spacial score (nSPS) is 18.3. The lowest BCUT2D eigenvalue weighted by atomic mass is 9.87. The standard InChI is InChI=1S/C18H26N4.C14H22NO3/c1-13-9-11-14(12-10-13)19-18-20-16-8-6-4-5-7-15(16)17(21-18)22(2)3;1-5-14(9-7-6-8-13(3)16)11-10-12(2)15(17)18-4/h4-5,7-8,13-14H,6,9-12H2,1-3H3,(H,19,20);5,10-11H,2,6-9H2,1,3-4H3/q;+1/b;11-10-,14-5-. The smallest absolute Gasteiger partial charge is 0.309 e. The quantitative estimate of drug-likeness (QED) is 0.208. The monoisotopic (exact) mass is 550 g/mol. The van der Waals surface area contributed by atoms with Crippen molar-refractivity contribution >= 4 is 29.7 Å². The van der Waals surface area contributed by atoms with Crippen LogP contribution in [0.25, 0.3) is 12.2 Å². The number of hydrogen-bond donors (Lipinski definition) is 1. The first-order valence-electron chi connectivity index (χ1n) is 14.4. The molecule has 1 fully saturated rings. The van der Waals surface area contributed by atoms with E-state index in [1.54, 1.807) is 13.0 Å². The van der Waals surface area contributed by atoms with Gasteiger partial charge in [0, 0.05) is 37.9 Å². The van der Waals surface area contributed by atoms with Gasteiger partial charge < -0.3 is 15.0 Å². The number of ketones is 1. The van der Waals surface area contributed by atoms with Crippen LogP contribution in [0, 0.1) is 10.8 Å². The Labute approximate surface area is 239 Å². The fourth-order valence-corrected chi connectivity index (χ4v) is 4.61. The molecule has 3 rings (SSSR count). The van der Waals surface area contributed by atoms with Crippen LogP contribution in [0.2, 0.25) is 0 Å². The molecule has 1 saturated carbocycles. The Morgan fingerprint density at radius 2 is 1.88 bits per heavy atom. The first-order chi connectivity index (χ1) is 19.1. The molecule has 0 aromatic carbocycles. The van der Waals surface area contributed by atoms with Crippen LogP contribution in [0.3, 0.4) is 0 Å². The Balaban J connectivity index is 0.000000288. The lowest BCUT2D eigenvalue weighted by Crippen LogP contribution is -2.37. The topological polar surface area (TPSA) is 87.4 Å². The third-order valence-corrected chi connectivity index (χ3v) is 7.08. The summed E-state index contributed by atoms with van der Waals surface area (Å²) < 4.78 is 0. The number of nitrogens with zero attached hydrogens (tertiary/aromatic N) is 4. The number of rotatable bonds is 12. The highest BCUT2D eigenvalue weighted by Crippen LogP contribution is 2.25. The largest absolute Gasteiger partial charge is 0.362 e. The van der Waals surface area contributed by atoms with Crippen molar-refractivity contribution in [2.45, 2.75) is 84.6 Å². The Morgan fingerprint density at radius 1 is 1.18 bits per heavy atom. The summed E-state index contributed by atoms with van der Waals surface area (Å²) >= 11 is 0. The molecule has 1 heterocycles. The van der Waals surface area contributed by atoms with E-state index in [0.29, 0.717) is 17.4 Å². The zero-order valence-corrected chi connectivity index (χ0v) is 25.3. The average Bonchev–Trinajstić information content (AvgIpc) is 3.18. The van der Waals surface area contributed by atoms with E-state index in [4.69, 9.17) is 9.97 Å². The van der Waals surface area contributed by atoms with Gasteiger partial charge in [-0.25, -0.2) is 9.82 Å². The van der Waals surface area contributed by atoms with Crippen molar-refractivity contribution < 1.29 is 14.6 Å². The van der Waals surface area contributed by atoms with Crippen LogP contribution in [0.15, 0.2) is 48.2 Å². The molecule has 218 valence electrons. The summed E-state index contributed by atoms with van der Waals surface area (Å²) in [4.78, 5) is 38.2. The fourth-order valence-electron chi connectivity index (χ4n) is 4.61. The number of nitrogens with one attached hydrogen (secondary N) is 1. The molecule has 0 atom stereocenters. The summed E-state index contributed by atoms with van der Waals surface area (Å²) in [5.74, 6) is 2.84. The molecular formula is C32H48N5O3+. The number of allylic oxidation sites excluding steroid dienone is 6. The SMILES string of the molecule is C=C(/C=C\C(=C/C)CCCCC(C)=O)[N+](=O)OC.CC1CCC(Nc2nc(N(C)C)c3c(n2)=CCC=CC=3)CC1. The van der Waals surface area contributed by atoms with E-state index in [0.717, 1.165) is 59.5 Å². The van der Waals surface area contributed by atoms with Crippen LogP contribution in [0.4, 0.5) is 11.8 Å². The van der Waals surface area contributed by atoms with E-state index in [1.165, 1.54) is 32.8 Å². The molecule has 0 spiro atoms. The third-order valence-electron chi connectivity index (χ3n) is 7.08. The van der Waals surface area contributed by atoms with Gasteiger partial charge in [-0.05, 0) is 83.8 Å². The minimum absolute atomic E-state index is 0.225.